The molecule has 0 bridgehead atoms. The summed E-state index contributed by atoms with van der Waals surface area (Å²) >= 11 is 0. The van der Waals surface area contributed by atoms with Gasteiger partial charge in [0.05, 0.1) is 22.6 Å². The molecule has 1 aliphatic heterocycles. The first-order valence-electron chi connectivity index (χ1n) is 7.29. The van der Waals surface area contributed by atoms with E-state index in [0.717, 1.165) is 5.47 Å². The van der Waals surface area contributed by atoms with Gasteiger partial charge in [0.25, 0.3) is 0 Å². The number of hydrogen-bond donors (Lipinski definition) is 2. The lowest BCUT2D eigenvalue weighted by Crippen LogP contribution is -2.41. The first kappa shape index (κ1) is 16.9. The molecule has 0 spiro atoms. The average Bonchev–Trinajstić information content (AvgIpc) is 2.62. The van der Waals surface area contributed by atoms with E-state index in [1.165, 1.54) is 12.1 Å². The van der Waals surface area contributed by atoms with Gasteiger partial charge in [0.2, 0.25) is 5.95 Å². The van der Waals surface area contributed by atoms with Crippen molar-refractivity contribution in [3.8, 4) is 0 Å². The maximum atomic E-state index is 13.3. The average molecular weight is 307 g/mol. The Morgan fingerprint density at radius 1 is 1.32 bits per heavy atom. The molecule has 1 saturated heterocycles. The quantitative estimate of drug-likeness (QED) is 0.658. The Balaban J connectivity index is 2.35. The molecular formula is C15H23BFN3O2. The second-order valence-electron chi connectivity index (χ2n) is 6.45. The van der Waals surface area contributed by atoms with Crippen LogP contribution in [-0.2, 0) is 9.31 Å². The number of pyridine rings is 1. The van der Waals surface area contributed by atoms with Crippen LogP contribution in [0.15, 0.2) is 17.6 Å². The van der Waals surface area contributed by atoms with Crippen LogP contribution in [0.4, 0.5) is 10.1 Å². The number of hydrogen-bond acceptors (Lipinski definition) is 5. The first-order valence-corrected chi connectivity index (χ1v) is 7.29. The molecule has 7 heteroatoms. The minimum Gasteiger partial charge on any atom is -0.400 e. The van der Waals surface area contributed by atoms with Crippen LogP contribution < -0.4 is 11.1 Å². The van der Waals surface area contributed by atoms with E-state index < -0.39 is 24.3 Å². The van der Waals surface area contributed by atoms with E-state index in [2.05, 4.69) is 10.3 Å². The molecule has 0 radical (unpaired) electrons. The smallest absolute Gasteiger partial charge is 0.400 e. The Morgan fingerprint density at radius 3 is 2.45 bits per heavy atom. The number of nitrogen functional groups attached to an aromatic ring is 1. The minimum absolute atomic E-state index is 0.375. The van der Waals surface area contributed by atoms with Crippen molar-refractivity contribution >= 4 is 18.9 Å². The molecule has 5 nitrogen and oxygen atoms in total. The second-order valence-corrected chi connectivity index (χ2v) is 6.45. The van der Waals surface area contributed by atoms with Gasteiger partial charge in [0, 0.05) is 6.54 Å². The Labute approximate surface area is 131 Å². The molecule has 1 aromatic rings. The summed E-state index contributed by atoms with van der Waals surface area (Å²) in [7, 11) is 1.29. The largest absolute Gasteiger partial charge is 0.491 e. The van der Waals surface area contributed by atoms with Crippen LogP contribution in [0.5, 0.6) is 0 Å². The number of rotatable bonds is 4. The lowest BCUT2D eigenvalue weighted by atomic mass is 9.77. The molecule has 1 aliphatic rings. The summed E-state index contributed by atoms with van der Waals surface area (Å²) in [4.78, 5) is 3.83. The zero-order valence-electron chi connectivity index (χ0n) is 13.7. The van der Waals surface area contributed by atoms with E-state index >= 15 is 0 Å². The molecular weight excluding hydrogens is 284 g/mol. The van der Waals surface area contributed by atoms with Gasteiger partial charge in [0.1, 0.15) is 0 Å². The highest BCUT2D eigenvalue weighted by atomic mass is 19.1. The standard InChI is InChI=1S/C15H23BFN3O2/c1-14(2)15(3,4)22-16(21-14)10(9-19-5)8-12-11(18)6-7-13(17)20-12/h6-8,19H,9,18H2,1-5H3. The Hall–Kier alpha value is -1.44. The predicted octanol–water partition coefficient (Wildman–Crippen LogP) is 2.04. The maximum Gasteiger partial charge on any atom is 0.491 e. The van der Waals surface area contributed by atoms with E-state index in [9.17, 15) is 4.39 Å². The van der Waals surface area contributed by atoms with Gasteiger partial charge in [-0.1, -0.05) is 0 Å². The van der Waals surface area contributed by atoms with E-state index in [4.69, 9.17) is 15.0 Å². The van der Waals surface area contributed by atoms with Gasteiger partial charge in [-0.3, -0.25) is 0 Å². The third kappa shape index (κ3) is 3.32. The van der Waals surface area contributed by atoms with Crippen LogP contribution in [-0.4, -0.2) is 36.9 Å². The number of aromatic nitrogens is 1. The van der Waals surface area contributed by atoms with Crippen molar-refractivity contribution in [3.63, 3.8) is 0 Å². The Kier molecular flexibility index (Phi) is 4.61. The SMILES string of the molecule is CNCC(=Cc1nc(F)ccc1N)B1OC(C)(C)C(C)(C)O1. The van der Waals surface area contributed by atoms with Crippen LogP contribution >= 0.6 is 0 Å². The number of nitrogens with one attached hydrogen (secondary N) is 1. The second kappa shape index (κ2) is 5.99. The van der Waals surface area contributed by atoms with Crippen molar-refractivity contribution in [1.29, 1.82) is 0 Å². The molecule has 0 saturated carbocycles. The fourth-order valence-corrected chi connectivity index (χ4v) is 2.15. The fraction of sp³-hybridized carbons (Fsp3) is 0.533. The van der Waals surface area contributed by atoms with Crippen molar-refractivity contribution in [3.05, 3.63) is 29.2 Å². The topological polar surface area (TPSA) is 69.4 Å². The summed E-state index contributed by atoms with van der Waals surface area (Å²) in [5, 5.41) is 3.06. The lowest BCUT2D eigenvalue weighted by molar-refractivity contribution is 0.00578. The van der Waals surface area contributed by atoms with Crippen LogP contribution in [0.25, 0.3) is 6.08 Å². The van der Waals surface area contributed by atoms with Crippen molar-refractivity contribution < 1.29 is 13.7 Å². The molecule has 1 aromatic heterocycles. The highest BCUT2D eigenvalue weighted by molar-refractivity contribution is 6.55. The van der Waals surface area contributed by atoms with Crippen LogP contribution in [0, 0.1) is 5.95 Å². The predicted molar refractivity (Wildman–Crippen MR) is 86.6 cm³/mol. The molecule has 22 heavy (non-hydrogen) atoms. The Bertz CT molecular complexity index is 574. The molecule has 1 fully saturated rings. The van der Waals surface area contributed by atoms with Crippen molar-refractivity contribution in [2.24, 2.45) is 0 Å². The van der Waals surface area contributed by atoms with E-state index in [1.54, 1.807) is 6.08 Å². The van der Waals surface area contributed by atoms with E-state index in [1.807, 2.05) is 34.7 Å². The summed E-state index contributed by atoms with van der Waals surface area (Å²) in [5.41, 5.74) is 6.58. The van der Waals surface area contributed by atoms with Gasteiger partial charge in [0.15, 0.2) is 0 Å². The van der Waals surface area contributed by atoms with Gasteiger partial charge in [-0.2, -0.15) is 4.39 Å². The molecule has 2 heterocycles. The third-order valence-electron chi connectivity index (χ3n) is 4.18. The van der Waals surface area contributed by atoms with E-state index in [-0.39, 0.29) is 0 Å². The van der Waals surface area contributed by atoms with Gasteiger partial charge >= 0.3 is 7.12 Å². The zero-order valence-corrected chi connectivity index (χ0v) is 13.7. The zero-order chi connectivity index (χ0) is 16.5. The number of nitrogens with zero attached hydrogens (tertiary/aromatic N) is 1. The van der Waals surface area contributed by atoms with Gasteiger partial charge in [-0.15, -0.1) is 0 Å². The summed E-state index contributed by atoms with van der Waals surface area (Å²) in [6.07, 6.45) is 1.72. The monoisotopic (exact) mass is 307 g/mol. The van der Waals surface area contributed by atoms with Crippen molar-refractivity contribution in [1.82, 2.24) is 10.3 Å². The van der Waals surface area contributed by atoms with Gasteiger partial charge in [-0.05, 0) is 58.4 Å². The molecule has 0 unspecified atom stereocenters. The highest BCUT2D eigenvalue weighted by Gasteiger charge is 2.52. The van der Waals surface area contributed by atoms with Crippen molar-refractivity contribution in [2.75, 3.05) is 19.3 Å². The van der Waals surface area contributed by atoms with Gasteiger partial charge < -0.3 is 20.4 Å². The normalized spacial score (nSPS) is 20.5. The summed E-state index contributed by atoms with van der Waals surface area (Å²) < 4.78 is 25.4. The summed E-state index contributed by atoms with van der Waals surface area (Å²) in [5.74, 6) is -0.571. The number of anilines is 1. The molecule has 0 aliphatic carbocycles. The Morgan fingerprint density at radius 2 is 1.91 bits per heavy atom. The molecule has 120 valence electrons. The number of likely N-dealkylation sites (N-methyl/N-ethyl adjacent to an activating group) is 1. The lowest BCUT2D eigenvalue weighted by Gasteiger charge is -2.32. The summed E-state index contributed by atoms with van der Waals surface area (Å²) in [6.45, 7) is 8.46. The maximum absolute atomic E-state index is 13.3. The highest BCUT2D eigenvalue weighted by Crippen LogP contribution is 2.38. The molecule has 2 rings (SSSR count). The fourth-order valence-electron chi connectivity index (χ4n) is 2.15. The molecule has 0 amide bonds. The molecule has 0 aromatic carbocycles. The van der Waals surface area contributed by atoms with Crippen LogP contribution in [0.1, 0.15) is 33.4 Å². The van der Waals surface area contributed by atoms with Crippen LogP contribution in [0.3, 0.4) is 0 Å². The summed E-state index contributed by atoms with van der Waals surface area (Å²) in [6, 6.07) is 2.73. The van der Waals surface area contributed by atoms with E-state index in [0.29, 0.717) is 17.9 Å². The minimum atomic E-state index is -0.571. The first-order chi connectivity index (χ1) is 10.2. The molecule has 0 atom stereocenters. The third-order valence-corrected chi connectivity index (χ3v) is 4.18. The van der Waals surface area contributed by atoms with Crippen molar-refractivity contribution in [2.45, 2.75) is 38.9 Å². The van der Waals surface area contributed by atoms with Gasteiger partial charge in [-0.25, -0.2) is 4.98 Å². The van der Waals surface area contributed by atoms with Crippen LogP contribution in [0.2, 0.25) is 0 Å². The molecule has 3 N–H and O–H groups in total. The number of halogens is 1. The number of nitrogens with two attached hydrogens (primary N) is 1.